The maximum atomic E-state index is 12.7. The molecular formula is C14H20N2O4S. The van der Waals surface area contributed by atoms with Gasteiger partial charge in [-0.2, -0.15) is 4.31 Å². The zero-order valence-corrected chi connectivity index (χ0v) is 13.1. The average molecular weight is 312 g/mol. The quantitative estimate of drug-likeness (QED) is 0.887. The topological polar surface area (TPSA) is 75.7 Å². The van der Waals surface area contributed by atoms with Gasteiger partial charge in [-0.3, -0.25) is 4.79 Å². The first-order valence-electron chi connectivity index (χ1n) is 6.97. The van der Waals surface area contributed by atoms with E-state index in [9.17, 15) is 13.2 Å². The SMILES string of the molecule is CCNC(=O)c1ccc(OC)c(S(=O)(=O)N2CCCC2)c1. The van der Waals surface area contributed by atoms with Crippen molar-refractivity contribution in [3.63, 3.8) is 0 Å². The zero-order valence-electron chi connectivity index (χ0n) is 12.3. The normalized spacial score (nSPS) is 15.9. The first-order valence-corrected chi connectivity index (χ1v) is 8.41. The molecule has 116 valence electrons. The molecule has 0 atom stereocenters. The predicted molar refractivity (Wildman–Crippen MR) is 79.0 cm³/mol. The van der Waals surface area contributed by atoms with Crippen LogP contribution in [0.25, 0.3) is 0 Å². The van der Waals surface area contributed by atoms with Gasteiger partial charge in [-0.05, 0) is 38.0 Å². The van der Waals surface area contributed by atoms with Gasteiger partial charge in [-0.1, -0.05) is 0 Å². The van der Waals surface area contributed by atoms with Crippen LogP contribution in [0.2, 0.25) is 0 Å². The lowest BCUT2D eigenvalue weighted by Crippen LogP contribution is -2.29. The minimum absolute atomic E-state index is 0.0515. The Hall–Kier alpha value is -1.60. The van der Waals surface area contributed by atoms with Gasteiger partial charge in [0.2, 0.25) is 10.0 Å². The van der Waals surface area contributed by atoms with E-state index in [1.54, 1.807) is 6.07 Å². The summed E-state index contributed by atoms with van der Waals surface area (Å²) in [5, 5.41) is 2.66. The number of hydrogen-bond acceptors (Lipinski definition) is 4. The monoisotopic (exact) mass is 312 g/mol. The minimum atomic E-state index is -3.62. The van der Waals surface area contributed by atoms with E-state index in [2.05, 4.69) is 5.32 Å². The number of methoxy groups -OCH3 is 1. The average Bonchev–Trinajstić information content (AvgIpc) is 3.01. The third-order valence-corrected chi connectivity index (χ3v) is 5.37. The standard InChI is InChI=1S/C14H20N2O4S/c1-3-15-14(17)11-6-7-12(20-2)13(10-11)21(18,19)16-8-4-5-9-16/h6-7,10H,3-5,8-9H2,1-2H3,(H,15,17). The highest BCUT2D eigenvalue weighted by Gasteiger charge is 2.30. The molecule has 1 aromatic rings. The molecule has 1 saturated heterocycles. The van der Waals surface area contributed by atoms with Crippen molar-refractivity contribution in [3.8, 4) is 5.75 Å². The van der Waals surface area contributed by atoms with E-state index in [0.29, 0.717) is 25.2 Å². The van der Waals surface area contributed by atoms with Crippen molar-refractivity contribution in [2.24, 2.45) is 0 Å². The largest absolute Gasteiger partial charge is 0.495 e. The van der Waals surface area contributed by atoms with Gasteiger partial charge in [-0.15, -0.1) is 0 Å². The van der Waals surface area contributed by atoms with Crippen molar-refractivity contribution in [3.05, 3.63) is 23.8 Å². The molecule has 1 aromatic carbocycles. The molecule has 21 heavy (non-hydrogen) atoms. The van der Waals surface area contributed by atoms with Crippen LogP contribution in [0.15, 0.2) is 23.1 Å². The van der Waals surface area contributed by atoms with Crippen LogP contribution < -0.4 is 10.1 Å². The minimum Gasteiger partial charge on any atom is -0.495 e. The lowest BCUT2D eigenvalue weighted by molar-refractivity contribution is 0.0955. The second-order valence-corrected chi connectivity index (χ2v) is 6.74. The number of benzene rings is 1. The molecule has 7 heteroatoms. The van der Waals surface area contributed by atoms with Crippen LogP contribution in [0.5, 0.6) is 5.75 Å². The van der Waals surface area contributed by atoms with E-state index in [1.807, 2.05) is 6.92 Å². The van der Waals surface area contributed by atoms with E-state index < -0.39 is 10.0 Å². The van der Waals surface area contributed by atoms with Crippen LogP contribution in [-0.4, -0.2) is 45.4 Å². The Morgan fingerprint density at radius 2 is 2.00 bits per heavy atom. The Morgan fingerprint density at radius 3 is 2.57 bits per heavy atom. The number of amides is 1. The smallest absolute Gasteiger partial charge is 0.251 e. The van der Waals surface area contributed by atoms with Gasteiger partial charge in [0, 0.05) is 25.2 Å². The molecule has 0 aliphatic carbocycles. The predicted octanol–water partition coefficient (Wildman–Crippen LogP) is 1.23. The van der Waals surface area contributed by atoms with Gasteiger partial charge in [0.25, 0.3) is 5.91 Å². The Labute approximate surface area is 125 Å². The highest BCUT2D eigenvalue weighted by atomic mass is 32.2. The number of nitrogens with one attached hydrogen (secondary N) is 1. The summed E-state index contributed by atoms with van der Waals surface area (Å²) in [4.78, 5) is 11.9. The molecule has 0 saturated carbocycles. The molecule has 1 heterocycles. The summed E-state index contributed by atoms with van der Waals surface area (Å²) in [5.74, 6) is -0.0343. The van der Waals surface area contributed by atoms with Crippen LogP contribution in [0.3, 0.4) is 0 Å². The molecule has 1 fully saturated rings. The third kappa shape index (κ3) is 3.19. The molecule has 1 amide bonds. The van der Waals surface area contributed by atoms with Gasteiger partial charge < -0.3 is 10.1 Å². The van der Waals surface area contributed by atoms with Gasteiger partial charge in [0.15, 0.2) is 0 Å². The zero-order chi connectivity index (χ0) is 15.5. The van der Waals surface area contributed by atoms with E-state index in [-0.39, 0.29) is 16.6 Å². The van der Waals surface area contributed by atoms with Crippen molar-refractivity contribution < 1.29 is 17.9 Å². The summed E-state index contributed by atoms with van der Waals surface area (Å²) < 4.78 is 31.9. The van der Waals surface area contributed by atoms with Crippen molar-refractivity contribution in [1.29, 1.82) is 0 Å². The summed E-state index contributed by atoms with van der Waals surface area (Å²) in [6.45, 7) is 3.32. The molecule has 1 aliphatic heterocycles. The summed E-state index contributed by atoms with van der Waals surface area (Å²) in [6.07, 6.45) is 1.72. The highest BCUT2D eigenvalue weighted by Crippen LogP contribution is 2.29. The Bertz CT molecular complexity index is 622. The third-order valence-electron chi connectivity index (χ3n) is 3.45. The van der Waals surface area contributed by atoms with E-state index in [1.165, 1.54) is 23.5 Å². The molecular weight excluding hydrogens is 292 g/mol. The van der Waals surface area contributed by atoms with Crippen LogP contribution in [0, 0.1) is 0 Å². The molecule has 0 unspecified atom stereocenters. The van der Waals surface area contributed by atoms with Crippen molar-refractivity contribution in [1.82, 2.24) is 9.62 Å². The van der Waals surface area contributed by atoms with Crippen LogP contribution in [0.1, 0.15) is 30.1 Å². The number of sulfonamides is 1. The highest BCUT2D eigenvalue weighted by molar-refractivity contribution is 7.89. The fraction of sp³-hybridized carbons (Fsp3) is 0.500. The van der Waals surface area contributed by atoms with Crippen molar-refractivity contribution in [2.45, 2.75) is 24.7 Å². The molecule has 2 rings (SSSR count). The molecule has 6 nitrogen and oxygen atoms in total. The lowest BCUT2D eigenvalue weighted by Gasteiger charge is -2.18. The van der Waals surface area contributed by atoms with Crippen LogP contribution in [0.4, 0.5) is 0 Å². The Balaban J connectivity index is 2.45. The van der Waals surface area contributed by atoms with Gasteiger partial charge in [-0.25, -0.2) is 8.42 Å². The fourth-order valence-corrected chi connectivity index (χ4v) is 4.05. The maximum absolute atomic E-state index is 12.7. The second kappa shape index (κ2) is 6.44. The van der Waals surface area contributed by atoms with Crippen LogP contribution in [-0.2, 0) is 10.0 Å². The first kappa shape index (κ1) is 15.8. The molecule has 1 N–H and O–H groups in total. The van der Waals surface area contributed by atoms with Gasteiger partial charge in [0.05, 0.1) is 7.11 Å². The van der Waals surface area contributed by atoms with Crippen molar-refractivity contribution in [2.75, 3.05) is 26.7 Å². The fourth-order valence-electron chi connectivity index (χ4n) is 2.35. The number of nitrogens with zero attached hydrogens (tertiary/aromatic N) is 1. The lowest BCUT2D eigenvalue weighted by atomic mass is 10.2. The summed E-state index contributed by atoms with van der Waals surface area (Å²) in [7, 11) is -2.20. The molecule has 0 aromatic heterocycles. The Kier molecular flexibility index (Phi) is 4.84. The number of carbonyl (C=O) groups is 1. The second-order valence-electron chi connectivity index (χ2n) is 4.84. The first-order chi connectivity index (χ1) is 10.0. The number of hydrogen-bond donors (Lipinski definition) is 1. The number of carbonyl (C=O) groups excluding carboxylic acids is 1. The molecule has 0 bridgehead atoms. The number of rotatable bonds is 5. The molecule has 1 aliphatic rings. The van der Waals surface area contributed by atoms with Gasteiger partial charge in [0.1, 0.15) is 10.6 Å². The molecule has 0 spiro atoms. The summed E-state index contributed by atoms with van der Waals surface area (Å²) >= 11 is 0. The molecule has 0 radical (unpaired) electrons. The summed E-state index contributed by atoms with van der Waals surface area (Å²) in [5.41, 5.74) is 0.315. The van der Waals surface area contributed by atoms with E-state index in [4.69, 9.17) is 4.74 Å². The van der Waals surface area contributed by atoms with E-state index >= 15 is 0 Å². The van der Waals surface area contributed by atoms with E-state index in [0.717, 1.165) is 12.8 Å². The van der Waals surface area contributed by atoms with Crippen LogP contribution >= 0.6 is 0 Å². The van der Waals surface area contributed by atoms with Crippen molar-refractivity contribution >= 4 is 15.9 Å². The Morgan fingerprint density at radius 1 is 1.33 bits per heavy atom. The number of ether oxygens (including phenoxy) is 1. The van der Waals surface area contributed by atoms with Gasteiger partial charge >= 0.3 is 0 Å². The summed E-state index contributed by atoms with van der Waals surface area (Å²) in [6, 6.07) is 4.47. The maximum Gasteiger partial charge on any atom is 0.251 e.